The van der Waals surface area contributed by atoms with Crippen LogP contribution in [-0.4, -0.2) is 6.21 Å². The van der Waals surface area contributed by atoms with Gasteiger partial charge in [0.1, 0.15) is 0 Å². The zero-order valence-corrected chi connectivity index (χ0v) is 12.3. The summed E-state index contributed by atoms with van der Waals surface area (Å²) in [6.45, 7) is 11.2. The Balaban J connectivity index is 4.45. The van der Waals surface area contributed by atoms with E-state index in [2.05, 4.69) is 34.6 Å². The highest BCUT2D eigenvalue weighted by atomic mass is 14.3. The maximum atomic E-state index is 7.17. The van der Waals surface area contributed by atoms with Crippen molar-refractivity contribution in [3.8, 4) is 0 Å². The van der Waals surface area contributed by atoms with Gasteiger partial charge in [-0.3, -0.25) is 0 Å². The van der Waals surface area contributed by atoms with Gasteiger partial charge in [0, 0.05) is 6.21 Å². The van der Waals surface area contributed by atoms with Gasteiger partial charge in [-0.15, -0.1) is 0 Å². The molecule has 0 rings (SSSR count). The Hall–Kier alpha value is -0.850. The highest BCUT2D eigenvalue weighted by Gasteiger charge is 2.08. The van der Waals surface area contributed by atoms with E-state index in [1.165, 1.54) is 37.5 Å². The van der Waals surface area contributed by atoms with Crippen LogP contribution in [0.2, 0.25) is 0 Å². The van der Waals surface area contributed by atoms with Gasteiger partial charge in [-0.25, -0.2) is 0 Å². The van der Waals surface area contributed by atoms with Crippen LogP contribution in [0.25, 0.3) is 0 Å². The molecule has 1 atom stereocenters. The van der Waals surface area contributed by atoms with Crippen LogP contribution < -0.4 is 0 Å². The lowest BCUT2D eigenvalue weighted by atomic mass is 9.90. The van der Waals surface area contributed by atoms with Crippen molar-refractivity contribution >= 4 is 6.21 Å². The van der Waals surface area contributed by atoms with E-state index in [4.69, 9.17) is 5.41 Å². The lowest BCUT2D eigenvalue weighted by Gasteiger charge is -2.16. The molecule has 0 aliphatic carbocycles. The first kappa shape index (κ1) is 16.1. The predicted octanol–water partition coefficient (Wildman–Crippen LogP) is 5.53. The molecule has 1 unspecified atom stereocenters. The minimum Gasteiger partial charge on any atom is -0.309 e. The van der Waals surface area contributed by atoms with Gasteiger partial charge in [-0.1, -0.05) is 44.4 Å². The summed E-state index contributed by atoms with van der Waals surface area (Å²) in [7, 11) is 0. The average molecular weight is 235 g/mol. The summed E-state index contributed by atoms with van der Waals surface area (Å²) >= 11 is 0. The first-order valence-corrected chi connectivity index (χ1v) is 6.97. The van der Waals surface area contributed by atoms with Crippen molar-refractivity contribution in [2.75, 3.05) is 0 Å². The van der Waals surface area contributed by atoms with E-state index < -0.39 is 0 Å². The molecule has 1 N–H and O–H groups in total. The summed E-state index contributed by atoms with van der Waals surface area (Å²) in [5, 5.41) is 7.17. The second-order valence-corrected chi connectivity index (χ2v) is 4.79. The van der Waals surface area contributed by atoms with Crippen LogP contribution in [-0.2, 0) is 0 Å². The fourth-order valence-electron chi connectivity index (χ4n) is 2.26. The molecule has 0 aromatic heterocycles. The predicted molar refractivity (Wildman–Crippen MR) is 78.8 cm³/mol. The number of allylic oxidation sites excluding steroid dienone is 4. The van der Waals surface area contributed by atoms with E-state index in [0.29, 0.717) is 5.92 Å². The average Bonchev–Trinajstić information content (AvgIpc) is 2.35. The molecule has 0 bridgehead atoms. The Morgan fingerprint density at radius 3 is 2.18 bits per heavy atom. The molecule has 0 saturated carbocycles. The third-order valence-corrected chi connectivity index (χ3v) is 3.78. The second kappa shape index (κ2) is 9.21. The molecule has 17 heavy (non-hydrogen) atoms. The minimum atomic E-state index is 0.604. The van der Waals surface area contributed by atoms with Gasteiger partial charge in [0.25, 0.3) is 0 Å². The van der Waals surface area contributed by atoms with Crippen molar-refractivity contribution in [1.29, 1.82) is 5.41 Å². The minimum absolute atomic E-state index is 0.604. The van der Waals surface area contributed by atoms with E-state index in [0.717, 1.165) is 6.42 Å². The van der Waals surface area contributed by atoms with Crippen LogP contribution in [0.4, 0.5) is 0 Å². The van der Waals surface area contributed by atoms with Crippen LogP contribution in [0.15, 0.2) is 22.8 Å². The summed E-state index contributed by atoms with van der Waals surface area (Å²) < 4.78 is 0. The molecule has 0 aliphatic heterocycles. The molecule has 0 radical (unpaired) electrons. The van der Waals surface area contributed by atoms with Gasteiger partial charge < -0.3 is 5.41 Å². The third-order valence-electron chi connectivity index (χ3n) is 3.78. The van der Waals surface area contributed by atoms with Crippen LogP contribution in [0.3, 0.4) is 0 Å². The molecule has 0 aromatic rings. The second-order valence-electron chi connectivity index (χ2n) is 4.79. The third kappa shape index (κ3) is 5.86. The standard InChI is InChI=1S/C16H29N/c1-6-13(4)15(7-2)10-9-14(5)16(8-3)11-12-17/h11-12,14,17H,6-10H2,1-5H3/b15-13-,16-11-,17-12?. The number of hydrogen-bond acceptors (Lipinski definition) is 1. The monoisotopic (exact) mass is 235 g/mol. The molecule has 0 saturated heterocycles. The SMILES string of the molecule is CC/C(=C/C=N)C(C)CC/C(CC)=C(/C)CC. The molecule has 0 aromatic carbocycles. The van der Waals surface area contributed by atoms with Gasteiger partial charge in [0.2, 0.25) is 0 Å². The molecule has 0 heterocycles. The van der Waals surface area contributed by atoms with E-state index in [-0.39, 0.29) is 0 Å². The zero-order valence-electron chi connectivity index (χ0n) is 12.3. The van der Waals surface area contributed by atoms with Crippen molar-refractivity contribution in [2.45, 2.75) is 66.7 Å². The van der Waals surface area contributed by atoms with E-state index >= 15 is 0 Å². The highest BCUT2D eigenvalue weighted by Crippen LogP contribution is 2.24. The van der Waals surface area contributed by atoms with Crippen molar-refractivity contribution in [1.82, 2.24) is 0 Å². The molecule has 0 spiro atoms. The molecule has 1 heteroatoms. The Kier molecular flexibility index (Phi) is 8.75. The smallest absolute Gasteiger partial charge is 0.0177 e. The van der Waals surface area contributed by atoms with Crippen molar-refractivity contribution in [2.24, 2.45) is 5.92 Å². The van der Waals surface area contributed by atoms with Gasteiger partial charge in [-0.05, 0) is 51.0 Å². The Morgan fingerprint density at radius 1 is 1.12 bits per heavy atom. The number of rotatable bonds is 8. The van der Waals surface area contributed by atoms with Crippen LogP contribution >= 0.6 is 0 Å². The quantitative estimate of drug-likeness (QED) is 0.423. The lowest BCUT2D eigenvalue weighted by molar-refractivity contribution is 0.586. The van der Waals surface area contributed by atoms with Crippen molar-refractivity contribution in [3.05, 3.63) is 22.8 Å². The maximum absolute atomic E-state index is 7.17. The molecular weight excluding hydrogens is 206 g/mol. The first-order valence-electron chi connectivity index (χ1n) is 6.97. The van der Waals surface area contributed by atoms with E-state index in [1.54, 1.807) is 11.1 Å². The Morgan fingerprint density at radius 2 is 1.76 bits per heavy atom. The fourth-order valence-corrected chi connectivity index (χ4v) is 2.26. The molecule has 0 fully saturated rings. The van der Waals surface area contributed by atoms with E-state index in [9.17, 15) is 0 Å². The first-order chi connectivity index (χ1) is 8.10. The summed E-state index contributed by atoms with van der Waals surface area (Å²) in [5.74, 6) is 0.604. The van der Waals surface area contributed by atoms with Crippen LogP contribution in [0.5, 0.6) is 0 Å². The maximum Gasteiger partial charge on any atom is 0.0177 e. The van der Waals surface area contributed by atoms with Crippen LogP contribution in [0.1, 0.15) is 66.7 Å². The highest BCUT2D eigenvalue weighted by molar-refractivity contribution is 5.68. The van der Waals surface area contributed by atoms with Gasteiger partial charge in [0.05, 0.1) is 0 Å². The van der Waals surface area contributed by atoms with Crippen LogP contribution in [0, 0.1) is 11.3 Å². The summed E-state index contributed by atoms with van der Waals surface area (Å²) in [6, 6.07) is 0. The van der Waals surface area contributed by atoms with Crippen molar-refractivity contribution in [3.63, 3.8) is 0 Å². The lowest BCUT2D eigenvalue weighted by Crippen LogP contribution is -2.01. The Labute approximate surface area is 108 Å². The number of nitrogens with one attached hydrogen (secondary N) is 1. The van der Waals surface area contributed by atoms with Gasteiger partial charge in [0.15, 0.2) is 0 Å². The summed E-state index contributed by atoms with van der Waals surface area (Å²) in [5.41, 5.74) is 4.60. The summed E-state index contributed by atoms with van der Waals surface area (Å²) in [6.07, 6.45) is 9.24. The molecule has 0 aliphatic rings. The van der Waals surface area contributed by atoms with Gasteiger partial charge >= 0.3 is 0 Å². The van der Waals surface area contributed by atoms with Gasteiger partial charge in [-0.2, -0.15) is 0 Å². The Bertz CT molecular complexity index is 284. The van der Waals surface area contributed by atoms with Crippen molar-refractivity contribution < 1.29 is 0 Å². The topological polar surface area (TPSA) is 23.9 Å². The molecule has 1 nitrogen and oxygen atoms in total. The zero-order chi connectivity index (χ0) is 13.3. The molecule has 98 valence electrons. The molecule has 0 amide bonds. The fraction of sp³-hybridized carbons (Fsp3) is 0.688. The molecular formula is C16H29N. The normalized spacial score (nSPS) is 15.5. The summed E-state index contributed by atoms with van der Waals surface area (Å²) in [4.78, 5) is 0. The number of hydrogen-bond donors (Lipinski definition) is 1. The van der Waals surface area contributed by atoms with E-state index in [1.807, 2.05) is 6.08 Å². The largest absolute Gasteiger partial charge is 0.309 e.